The van der Waals surface area contributed by atoms with Crippen LogP contribution in [0.4, 0.5) is 0 Å². The molecule has 84 valence electrons. The first-order chi connectivity index (χ1) is 7.91. The van der Waals surface area contributed by atoms with Gasteiger partial charge in [0.25, 0.3) is 0 Å². The summed E-state index contributed by atoms with van der Waals surface area (Å²) in [7, 11) is 0. The van der Waals surface area contributed by atoms with Crippen molar-refractivity contribution in [2.75, 3.05) is 0 Å². The SMILES string of the molecule is C1=C2CCCC[C@@]23c2occc2CO[C@H]3C1. The molecule has 3 aliphatic rings. The molecule has 1 saturated carbocycles. The largest absolute Gasteiger partial charge is 0.468 e. The van der Waals surface area contributed by atoms with Gasteiger partial charge in [-0.2, -0.15) is 0 Å². The molecule has 4 rings (SSSR count). The van der Waals surface area contributed by atoms with Crippen LogP contribution in [0.2, 0.25) is 0 Å². The van der Waals surface area contributed by atoms with E-state index in [-0.39, 0.29) is 5.41 Å². The molecule has 0 unspecified atom stereocenters. The standard InChI is InChI=1S/C14H16O2/c1-2-7-14-11(3-1)4-5-12(14)16-9-10-6-8-15-13(10)14/h4,6,8,12H,1-3,5,7,9H2/t12-,14+/m0/s1. The molecule has 0 N–H and O–H groups in total. The molecule has 2 aliphatic carbocycles. The van der Waals surface area contributed by atoms with E-state index < -0.39 is 0 Å². The molecule has 1 aliphatic heterocycles. The van der Waals surface area contributed by atoms with Gasteiger partial charge >= 0.3 is 0 Å². The van der Waals surface area contributed by atoms with Crippen molar-refractivity contribution in [3.05, 3.63) is 35.3 Å². The summed E-state index contributed by atoms with van der Waals surface area (Å²) in [6.45, 7) is 0.735. The zero-order valence-corrected chi connectivity index (χ0v) is 9.37. The lowest BCUT2D eigenvalue weighted by Crippen LogP contribution is -2.44. The van der Waals surface area contributed by atoms with Crippen molar-refractivity contribution >= 4 is 0 Å². The molecular weight excluding hydrogens is 200 g/mol. The molecule has 0 aromatic carbocycles. The summed E-state index contributed by atoms with van der Waals surface area (Å²) in [5.41, 5.74) is 2.97. The van der Waals surface area contributed by atoms with E-state index in [1.54, 1.807) is 5.57 Å². The average Bonchev–Trinajstić information content (AvgIpc) is 2.92. The van der Waals surface area contributed by atoms with E-state index in [0.29, 0.717) is 6.10 Å². The highest BCUT2D eigenvalue weighted by Gasteiger charge is 2.53. The molecule has 0 radical (unpaired) electrons. The van der Waals surface area contributed by atoms with Crippen molar-refractivity contribution in [2.24, 2.45) is 0 Å². The maximum absolute atomic E-state index is 6.03. The first-order valence-electron chi connectivity index (χ1n) is 6.29. The Morgan fingerprint density at radius 2 is 2.31 bits per heavy atom. The Kier molecular flexibility index (Phi) is 1.70. The number of fused-ring (bicyclic) bond motifs is 1. The summed E-state index contributed by atoms with van der Waals surface area (Å²) in [4.78, 5) is 0. The van der Waals surface area contributed by atoms with E-state index in [4.69, 9.17) is 9.15 Å². The molecule has 1 aromatic heterocycles. The van der Waals surface area contributed by atoms with Gasteiger partial charge in [0.1, 0.15) is 5.76 Å². The molecule has 2 heterocycles. The highest BCUT2D eigenvalue weighted by atomic mass is 16.5. The summed E-state index contributed by atoms with van der Waals surface area (Å²) < 4.78 is 11.8. The third-order valence-electron chi connectivity index (χ3n) is 4.56. The third-order valence-corrected chi connectivity index (χ3v) is 4.56. The zero-order chi connectivity index (χ0) is 10.6. The Morgan fingerprint density at radius 3 is 3.31 bits per heavy atom. The minimum Gasteiger partial charge on any atom is -0.468 e. The van der Waals surface area contributed by atoms with Gasteiger partial charge in [0, 0.05) is 5.56 Å². The minimum atomic E-state index is 0.120. The lowest BCUT2D eigenvalue weighted by atomic mass is 9.66. The van der Waals surface area contributed by atoms with Crippen LogP contribution in [0, 0.1) is 0 Å². The van der Waals surface area contributed by atoms with Crippen LogP contribution >= 0.6 is 0 Å². The van der Waals surface area contributed by atoms with Gasteiger partial charge in [-0.1, -0.05) is 18.1 Å². The van der Waals surface area contributed by atoms with Crippen molar-refractivity contribution < 1.29 is 9.15 Å². The molecule has 2 heteroatoms. The van der Waals surface area contributed by atoms with Gasteiger partial charge in [-0.25, -0.2) is 0 Å². The van der Waals surface area contributed by atoms with Gasteiger partial charge in [-0.05, 0) is 31.7 Å². The predicted molar refractivity (Wildman–Crippen MR) is 60.1 cm³/mol. The summed E-state index contributed by atoms with van der Waals surface area (Å²) in [6, 6.07) is 2.07. The monoisotopic (exact) mass is 216 g/mol. The Bertz CT molecular complexity index is 457. The first kappa shape index (κ1) is 9.06. The molecule has 0 bridgehead atoms. The Morgan fingerprint density at radius 1 is 1.31 bits per heavy atom. The second-order valence-electron chi connectivity index (χ2n) is 5.22. The van der Waals surface area contributed by atoms with Gasteiger partial charge in [-0.3, -0.25) is 0 Å². The fourth-order valence-electron chi connectivity index (χ4n) is 3.85. The number of furan rings is 1. The third kappa shape index (κ3) is 0.921. The van der Waals surface area contributed by atoms with E-state index in [1.807, 2.05) is 6.26 Å². The van der Waals surface area contributed by atoms with Crippen LogP contribution in [0.5, 0.6) is 0 Å². The van der Waals surface area contributed by atoms with Crippen LogP contribution in [0.3, 0.4) is 0 Å². The zero-order valence-electron chi connectivity index (χ0n) is 9.37. The van der Waals surface area contributed by atoms with E-state index >= 15 is 0 Å². The fraction of sp³-hybridized carbons (Fsp3) is 0.571. The average molecular weight is 216 g/mol. The van der Waals surface area contributed by atoms with Crippen molar-refractivity contribution in [2.45, 2.75) is 50.2 Å². The summed E-state index contributed by atoms with van der Waals surface area (Å²) >= 11 is 0. The van der Waals surface area contributed by atoms with Crippen LogP contribution in [0.15, 0.2) is 28.4 Å². The van der Waals surface area contributed by atoms with Crippen LogP contribution in [-0.2, 0) is 16.8 Å². The smallest absolute Gasteiger partial charge is 0.122 e. The Hall–Kier alpha value is -1.02. The van der Waals surface area contributed by atoms with Crippen LogP contribution in [0.1, 0.15) is 43.4 Å². The molecular formula is C14H16O2. The molecule has 0 saturated heterocycles. The van der Waals surface area contributed by atoms with Crippen LogP contribution in [-0.4, -0.2) is 6.10 Å². The maximum atomic E-state index is 6.03. The molecule has 2 nitrogen and oxygen atoms in total. The van der Waals surface area contributed by atoms with Gasteiger partial charge in [0.2, 0.25) is 0 Å². The number of ether oxygens (including phenoxy) is 1. The second kappa shape index (κ2) is 3.01. The summed E-state index contributed by atoms with van der Waals surface area (Å²) in [5.74, 6) is 1.22. The van der Waals surface area contributed by atoms with Gasteiger partial charge in [-0.15, -0.1) is 0 Å². The molecule has 16 heavy (non-hydrogen) atoms. The normalized spacial score (nSPS) is 36.2. The molecule has 1 spiro atoms. The van der Waals surface area contributed by atoms with Gasteiger partial charge in [0.05, 0.1) is 24.4 Å². The van der Waals surface area contributed by atoms with E-state index in [2.05, 4.69) is 12.1 Å². The van der Waals surface area contributed by atoms with E-state index in [9.17, 15) is 0 Å². The number of hydrogen-bond donors (Lipinski definition) is 0. The first-order valence-corrected chi connectivity index (χ1v) is 6.29. The van der Waals surface area contributed by atoms with Crippen LogP contribution in [0.25, 0.3) is 0 Å². The molecule has 1 aromatic rings. The molecule has 0 amide bonds. The van der Waals surface area contributed by atoms with Crippen molar-refractivity contribution in [3.8, 4) is 0 Å². The van der Waals surface area contributed by atoms with Gasteiger partial charge < -0.3 is 9.15 Å². The van der Waals surface area contributed by atoms with Crippen molar-refractivity contribution in [3.63, 3.8) is 0 Å². The topological polar surface area (TPSA) is 22.4 Å². The quantitative estimate of drug-likeness (QED) is 0.621. The highest BCUT2D eigenvalue weighted by molar-refractivity contribution is 5.44. The van der Waals surface area contributed by atoms with E-state index in [1.165, 1.54) is 37.0 Å². The fourth-order valence-corrected chi connectivity index (χ4v) is 3.85. The Balaban J connectivity index is 1.93. The highest BCUT2D eigenvalue weighted by Crippen LogP contribution is 2.54. The summed E-state index contributed by atoms with van der Waals surface area (Å²) in [5, 5.41) is 0. The minimum absolute atomic E-state index is 0.120. The molecule has 1 fully saturated rings. The van der Waals surface area contributed by atoms with Gasteiger partial charge in [0.15, 0.2) is 0 Å². The van der Waals surface area contributed by atoms with E-state index in [0.717, 1.165) is 13.0 Å². The maximum Gasteiger partial charge on any atom is 0.122 e. The van der Waals surface area contributed by atoms with Crippen molar-refractivity contribution in [1.82, 2.24) is 0 Å². The van der Waals surface area contributed by atoms with Crippen LogP contribution < -0.4 is 0 Å². The lowest BCUT2D eigenvalue weighted by Gasteiger charge is -2.43. The molecule has 2 atom stereocenters. The lowest BCUT2D eigenvalue weighted by molar-refractivity contribution is -0.0259. The summed E-state index contributed by atoms with van der Waals surface area (Å²) in [6.07, 6.45) is 10.7. The second-order valence-corrected chi connectivity index (χ2v) is 5.22. The predicted octanol–water partition coefficient (Wildman–Crippen LogP) is 3.32. The number of rotatable bonds is 0. The Labute approximate surface area is 95.3 Å². The number of hydrogen-bond acceptors (Lipinski definition) is 2. The van der Waals surface area contributed by atoms with Crippen molar-refractivity contribution in [1.29, 1.82) is 0 Å².